The standard InChI is InChI=1S/C21H22F5NSi/c1-21(2,3)27-28(4,5)20-12-9-7-6-8-11(12)10-13(20)14-15(22)17(24)19(26)18(25)16(14)23/h6-10,20,27H,1-5H3. The van der Waals surface area contributed by atoms with Gasteiger partial charge in [-0.05, 0) is 37.5 Å². The molecule has 1 aliphatic carbocycles. The van der Waals surface area contributed by atoms with Crippen molar-refractivity contribution < 1.29 is 22.0 Å². The van der Waals surface area contributed by atoms with Gasteiger partial charge in [-0.15, -0.1) is 0 Å². The molecule has 0 heterocycles. The molecular weight excluding hydrogens is 389 g/mol. The summed E-state index contributed by atoms with van der Waals surface area (Å²) in [6.45, 7) is 9.91. The van der Waals surface area contributed by atoms with E-state index in [2.05, 4.69) is 4.98 Å². The first-order valence-corrected chi connectivity index (χ1v) is 12.0. The smallest absolute Gasteiger partial charge is 0.200 e. The van der Waals surface area contributed by atoms with Crippen molar-refractivity contribution in [1.29, 1.82) is 0 Å². The van der Waals surface area contributed by atoms with Crippen LogP contribution < -0.4 is 4.98 Å². The molecule has 0 saturated carbocycles. The molecular formula is C21H22F5NSi. The Bertz CT molecular complexity index is 946. The summed E-state index contributed by atoms with van der Waals surface area (Å²) < 4.78 is 70.5. The minimum atomic E-state index is -2.49. The molecule has 2 aromatic carbocycles. The van der Waals surface area contributed by atoms with Crippen molar-refractivity contribution in [3.8, 4) is 0 Å². The predicted octanol–water partition coefficient (Wildman–Crippen LogP) is 6.15. The Morgan fingerprint density at radius 2 is 1.32 bits per heavy atom. The number of fused-ring (bicyclic) bond motifs is 1. The molecule has 1 aliphatic rings. The second-order valence-electron chi connectivity index (χ2n) is 8.70. The molecule has 0 bridgehead atoms. The van der Waals surface area contributed by atoms with Gasteiger partial charge < -0.3 is 4.98 Å². The number of allylic oxidation sites excluding steroid dienone is 1. The summed E-state index contributed by atoms with van der Waals surface area (Å²) in [5, 5.41) is 0. The molecule has 0 fully saturated rings. The van der Waals surface area contributed by atoms with Gasteiger partial charge in [-0.2, -0.15) is 0 Å². The molecule has 28 heavy (non-hydrogen) atoms. The Labute approximate surface area is 162 Å². The number of hydrogen-bond donors (Lipinski definition) is 1. The van der Waals surface area contributed by atoms with Crippen molar-refractivity contribution in [2.24, 2.45) is 0 Å². The normalized spacial score (nSPS) is 16.9. The quantitative estimate of drug-likeness (QED) is 0.276. The third kappa shape index (κ3) is 3.41. The summed E-state index contributed by atoms with van der Waals surface area (Å²) in [4.78, 5) is 3.55. The zero-order valence-corrected chi connectivity index (χ0v) is 17.4. The topological polar surface area (TPSA) is 12.0 Å². The van der Waals surface area contributed by atoms with Crippen molar-refractivity contribution in [3.63, 3.8) is 0 Å². The molecule has 1 nitrogen and oxygen atoms in total. The van der Waals surface area contributed by atoms with E-state index >= 15 is 0 Å². The van der Waals surface area contributed by atoms with Crippen LogP contribution in [-0.2, 0) is 0 Å². The van der Waals surface area contributed by atoms with Gasteiger partial charge in [0.2, 0.25) is 5.82 Å². The van der Waals surface area contributed by atoms with Crippen LogP contribution in [0.4, 0.5) is 22.0 Å². The highest BCUT2D eigenvalue weighted by Gasteiger charge is 2.44. The second-order valence-corrected chi connectivity index (χ2v) is 13.0. The first-order chi connectivity index (χ1) is 12.8. The van der Waals surface area contributed by atoms with Gasteiger partial charge in [0.05, 0.1) is 5.56 Å². The van der Waals surface area contributed by atoms with Gasteiger partial charge in [-0.3, -0.25) is 0 Å². The summed E-state index contributed by atoms with van der Waals surface area (Å²) in [6, 6.07) is 7.21. The highest BCUT2D eigenvalue weighted by molar-refractivity contribution is 6.78. The summed E-state index contributed by atoms with van der Waals surface area (Å²) in [5.41, 5.74) is 0.0828. The fourth-order valence-corrected chi connectivity index (χ4v) is 8.34. The molecule has 150 valence electrons. The van der Waals surface area contributed by atoms with Crippen LogP contribution in [0.15, 0.2) is 24.3 Å². The maximum atomic E-state index is 14.6. The number of hydrogen-bond acceptors (Lipinski definition) is 1. The number of halogens is 5. The highest BCUT2D eigenvalue weighted by atomic mass is 28.3. The fraction of sp³-hybridized carbons (Fsp3) is 0.333. The maximum absolute atomic E-state index is 14.6. The summed E-state index contributed by atoms with van der Waals surface area (Å²) in [6.07, 6.45) is 1.54. The monoisotopic (exact) mass is 411 g/mol. The minimum absolute atomic E-state index is 0.127. The van der Waals surface area contributed by atoms with Gasteiger partial charge in [0.1, 0.15) is 8.24 Å². The van der Waals surface area contributed by atoms with Crippen molar-refractivity contribution >= 4 is 19.9 Å². The van der Waals surface area contributed by atoms with Gasteiger partial charge in [-0.25, -0.2) is 22.0 Å². The Morgan fingerprint density at radius 3 is 1.86 bits per heavy atom. The molecule has 7 heteroatoms. The average Bonchev–Trinajstić information content (AvgIpc) is 2.96. The van der Waals surface area contributed by atoms with Crippen LogP contribution in [0.25, 0.3) is 11.6 Å². The van der Waals surface area contributed by atoms with Crippen LogP contribution >= 0.6 is 0 Å². The van der Waals surface area contributed by atoms with Crippen LogP contribution in [0.5, 0.6) is 0 Å². The van der Waals surface area contributed by atoms with E-state index in [9.17, 15) is 22.0 Å². The third-order valence-electron chi connectivity index (χ3n) is 4.85. The number of benzene rings is 2. The zero-order chi connectivity index (χ0) is 21.0. The van der Waals surface area contributed by atoms with Crippen LogP contribution in [0, 0.1) is 29.1 Å². The lowest BCUT2D eigenvalue weighted by atomic mass is 10.0. The Balaban J connectivity index is 2.27. The lowest BCUT2D eigenvalue weighted by molar-refractivity contribution is 0.376. The van der Waals surface area contributed by atoms with Crippen LogP contribution in [0.2, 0.25) is 13.1 Å². The van der Waals surface area contributed by atoms with E-state index in [4.69, 9.17) is 0 Å². The van der Waals surface area contributed by atoms with E-state index in [1.165, 1.54) is 6.08 Å². The van der Waals surface area contributed by atoms with Gasteiger partial charge >= 0.3 is 0 Å². The van der Waals surface area contributed by atoms with Gasteiger partial charge in [0.15, 0.2) is 23.3 Å². The Hall–Kier alpha value is -1.99. The summed E-state index contributed by atoms with van der Waals surface area (Å²) in [7, 11) is -2.49. The molecule has 0 spiro atoms. The van der Waals surface area contributed by atoms with Gasteiger partial charge in [0, 0.05) is 11.1 Å². The second kappa shape index (κ2) is 6.81. The molecule has 0 amide bonds. The summed E-state index contributed by atoms with van der Waals surface area (Å²) in [5.74, 6) is -9.57. The maximum Gasteiger partial charge on any atom is 0.200 e. The van der Waals surface area contributed by atoms with Crippen LogP contribution in [0.3, 0.4) is 0 Å². The van der Waals surface area contributed by atoms with Gasteiger partial charge in [-0.1, -0.05) is 43.4 Å². The summed E-state index contributed by atoms with van der Waals surface area (Å²) >= 11 is 0. The largest absolute Gasteiger partial charge is 0.332 e. The third-order valence-corrected chi connectivity index (χ3v) is 8.31. The van der Waals surface area contributed by atoms with E-state index in [-0.39, 0.29) is 11.1 Å². The minimum Gasteiger partial charge on any atom is -0.332 e. The highest BCUT2D eigenvalue weighted by Crippen LogP contribution is 2.48. The SMILES string of the molecule is CC(C)(C)N[Si](C)(C)C1C(c2c(F)c(F)c(F)c(F)c2F)=Cc2ccccc21. The molecule has 1 N–H and O–H groups in total. The van der Waals surface area contributed by atoms with E-state index in [1.54, 1.807) is 12.1 Å². The molecule has 1 unspecified atom stereocenters. The van der Waals surface area contributed by atoms with Crippen LogP contribution in [0.1, 0.15) is 43.0 Å². The van der Waals surface area contributed by atoms with E-state index in [1.807, 2.05) is 46.0 Å². The Kier molecular flexibility index (Phi) is 5.04. The first-order valence-electron chi connectivity index (χ1n) is 8.97. The molecule has 3 rings (SSSR count). The van der Waals surface area contributed by atoms with E-state index in [0.29, 0.717) is 0 Å². The molecule has 2 aromatic rings. The number of rotatable bonds is 3. The van der Waals surface area contributed by atoms with Crippen molar-refractivity contribution in [3.05, 3.63) is 70.0 Å². The molecule has 1 atom stereocenters. The lowest BCUT2D eigenvalue weighted by Crippen LogP contribution is -2.58. The van der Waals surface area contributed by atoms with E-state index in [0.717, 1.165) is 11.1 Å². The lowest BCUT2D eigenvalue weighted by Gasteiger charge is -2.39. The first kappa shape index (κ1) is 20.7. The van der Waals surface area contributed by atoms with Crippen molar-refractivity contribution in [2.45, 2.75) is 44.9 Å². The van der Waals surface area contributed by atoms with Crippen molar-refractivity contribution in [2.75, 3.05) is 0 Å². The molecule has 0 aromatic heterocycles. The molecule has 0 radical (unpaired) electrons. The average molecular weight is 411 g/mol. The van der Waals surface area contributed by atoms with Crippen LogP contribution in [-0.4, -0.2) is 13.8 Å². The van der Waals surface area contributed by atoms with Crippen molar-refractivity contribution in [1.82, 2.24) is 4.98 Å². The molecule has 0 aliphatic heterocycles. The molecule has 0 saturated heterocycles. The van der Waals surface area contributed by atoms with Gasteiger partial charge in [0.25, 0.3) is 0 Å². The number of nitrogens with one attached hydrogen (secondary N) is 1. The van der Waals surface area contributed by atoms with E-state index < -0.39 is 48.4 Å². The predicted molar refractivity (Wildman–Crippen MR) is 104 cm³/mol. The Morgan fingerprint density at radius 1 is 0.821 bits per heavy atom. The fourth-order valence-electron chi connectivity index (χ4n) is 4.21. The zero-order valence-electron chi connectivity index (χ0n) is 16.4.